The highest BCUT2D eigenvalue weighted by Gasteiger charge is 2.25. The summed E-state index contributed by atoms with van der Waals surface area (Å²) in [6.07, 6.45) is 1.73. The standard InChI is InChI=1S/C24H23N5O2S/c1-14-11-17(4-6-20(14)29-9-7-25-8-10-29)22-18-12-16(3-5-19(18)26-15(2)27-22)13-21-23(30)28-24(31)32-21/h3-6,11-13,25H,7-10H2,1-2H3,(H,28,30,31). The number of nitrogens with zero attached hydrogens (tertiary/aromatic N) is 3. The summed E-state index contributed by atoms with van der Waals surface area (Å²) in [7, 11) is 0. The number of anilines is 1. The molecule has 0 aliphatic carbocycles. The molecule has 0 unspecified atom stereocenters. The van der Waals surface area contributed by atoms with Crippen molar-refractivity contribution in [3.05, 3.63) is 58.3 Å². The number of hydrogen-bond acceptors (Lipinski definition) is 7. The van der Waals surface area contributed by atoms with Gasteiger partial charge < -0.3 is 10.2 Å². The van der Waals surface area contributed by atoms with Crippen molar-refractivity contribution in [3.63, 3.8) is 0 Å². The van der Waals surface area contributed by atoms with Crippen LogP contribution in [0.1, 0.15) is 17.0 Å². The lowest BCUT2D eigenvalue weighted by molar-refractivity contribution is -0.115. The van der Waals surface area contributed by atoms with Gasteiger partial charge in [0.2, 0.25) is 0 Å². The van der Waals surface area contributed by atoms with E-state index >= 15 is 0 Å². The molecule has 2 aliphatic heterocycles. The summed E-state index contributed by atoms with van der Waals surface area (Å²) in [5.41, 5.74) is 6.03. The van der Waals surface area contributed by atoms with Gasteiger partial charge in [-0.2, -0.15) is 0 Å². The van der Waals surface area contributed by atoms with E-state index in [0.29, 0.717) is 10.7 Å². The van der Waals surface area contributed by atoms with Crippen LogP contribution in [-0.4, -0.2) is 47.3 Å². The van der Waals surface area contributed by atoms with Gasteiger partial charge in [0.05, 0.1) is 16.1 Å². The monoisotopic (exact) mass is 445 g/mol. The second kappa shape index (κ2) is 8.37. The quantitative estimate of drug-likeness (QED) is 0.595. The van der Waals surface area contributed by atoms with Crippen molar-refractivity contribution in [1.29, 1.82) is 0 Å². The van der Waals surface area contributed by atoms with E-state index in [2.05, 4.69) is 45.6 Å². The number of rotatable bonds is 3. The molecule has 0 saturated carbocycles. The van der Waals surface area contributed by atoms with Gasteiger partial charge in [-0.05, 0) is 67.1 Å². The summed E-state index contributed by atoms with van der Waals surface area (Å²) < 4.78 is 0. The van der Waals surface area contributed by atoms with Gasteiger partial charge in [-0.15, -0.1) is 0 Å². The zero-order chi connectivity index (χ0) is 22.2. The molecule has 1 aromatic heterocycles. The maximum Gasteiger partial charge on any atom is 0.290 e. The first-order valence-electron chi connectivity index (χ1n) is 10.6. The minimum atomic E-state index is -0.361. The van der Waals surface area contributed by atoms with Crippen molar-refractivity contribution in [2.45, 2.75) is 13.8 Å². The lowest BCUT2D eigenvalue weighted by atomic mass is 10.0. The zero-order valence-electron chi connectivity index (χ0n) is 17.9. The molecule has 2 aliphatic rings. The number of amides is 2. The van der Waals surface area contributed by atoms with Crippen LogP contribution in [0.5, 0.6) is 0 Å². The predicted octanol–water partition coefficient (Wildman–Crippen LogP) is 3.65. The van der Waals surface area contributed by atoms with Crippen LogP contribution in [0.15, 0.2) is 41.3 Å². The third-order valence-electron chi connectivity index (χ3n) is 5.70. The van der Waals surface area contributed by atoms with Crippen molar-refractivity contribution in [3.8, 4) is 11.3 Å². The lowest BCUT2D eigenvalue weighted by Crippen LogP contribution is -2.43. The van der Waals surface area contributed by atoms with Crippen molar-refractivity contribution in [2.75, 3.05) is 31.1 Å². The van der Waals surface area contributed by atoms with Crippen LogP contribution in [0.3, 0.4) is 0 Å². The number of imide groups is 1. The number of carbonyl (C=O) groups is 2. The number of piperazine rings is 1. The van der Waals surface area contributed by atoms with Crippen molar-refractivity contribution >= 4 is 45.6 Å². The molecule has 0 atom stereocenters. The number of aromatic nitrogens is 2. The molecule has 32 heavy (non-hydrogen) atoms. The van der Waals surface area contributed by atoms with E-state index in [-0.39, 0.29) is 11.1 Å². The molecule has 3 aromatic rings. The maximum absolute atomic E-state index is 11.9. The van der Waals surface area contributed by atoms with Gasteiger partial charge in [0, 0.05) is 42.8 Å². The summed E-state index contributed by atoms with van der Waals surface area (Å²) in [6.45, 7) is 8.03. The van der Waals surface area contributed by atoms with Gasteiger partial charge in [-0.1, -0.05) is 12.1 Å². The fraction of sp³-hybridized carbons (Fsp3) is 0.250. The van der Waals surface area contributed by atoms with Crippen LogP contribution in [0, 0.1) is 13.8 Å². The number of benzene rings is 2. The maximum atomic E-state index is 11.9. The minimum Gasteiger partial charge on any atom is -0.369 e. The van der Waals surface area contributed by atoms with E-state index in [0.717, 1.165) is 65.7 Å². The first-order chi connectivity index (χ1) is 15.5. The Balaban J connectivity index is 1.57. The van der Waals surface area contributed by atoms with Gasteiger partial charge in [0.15, 0.2) is 0 Å². The number of carbonyl (C=O) groups excluding carboxylic acids is 2. The largest absolute Gasteiger partial charge is 0.369 e. The summed E-state index contributed by atoms with van der Waals surface area (Å²) in [4.78, 5) is 35.6. The molecule has 0 radical (unpaired) electrons. The molecule has 2 N–H and O–H groups in total. The molecule has 0 spiro atoms. The van der Waals surface area contributed by atoms with Gasteiger partial charge in [-0.25, -0.2) is 9.97 Å². The van der Waals surface area contributed by atoms with Crippen LogP contribution in [0.2, 0.25) is 0 Å². The molecule has 2 fully saturated rings. The van der Waals surface area contributed by atoms with E-state index < -0.39 is 0 Å². The van der Waals surface area contributed by atoms with E-state index in [4.69, 9.17) is 4.98 Å². The van der Waals surface area contributed by atoms with E-state index in [1.54, 1.807) is 6.08 Å². The van der Waals surface area contributed by atoms with Crippen molar-refractivity contribution in [2.24, 2.45) is 0 Å². The second-order valence-corrected chi connectivity index (χ2v) is 9.00. The zero-order valence-corrected chi connectivity index (χ0v) is 18.8. The topological polar surface area (TPSA) is 87.2 Å². The second-order valence-electron chi connectivity index (χ2n) is 7.99. The molecule has 7 nitrogen and oxygen atoms in total. The summed E-state index contributed by atoms with van der Waals surface area (Å²) in [5, 5.41) is 6.25. The fourth-order valence-electron chi connectivity index (χ4n) is 4.21. The Labute approximate surface area is 190 Å². The lowest BCUT2D eigenvalue weighted by Gasteiger charge is -2.31. The Morgan fingerprint density at radius 1 is 1.03 bits per heavy atom. The van der Waals surface area contributed by atoms with E-state index in [1.165, 1.54) is 11.3 Å². The average Bonchev–Trinajstić information content (AvgIpc) is 3.10. The smallest absolute Gasteiger partial charge is 0.290 e. The Kier molecular flexibility index (Phi) is 5.40. The number of nitrogens with one attached hydrogen (secondary N) is 2. The van der Waals surface area contributed by atoms with Crippen LogP contribution in [0.4, 0.5) is 10.5 Å². The van der Waals surface area contributed by atoms with E-state index in [9.17, 15) is 9.59 Å². The number of aryl methyl sites for hydroxylation is 2. The van der Waals surface area contributed by atoms with Crippen LogP contribution in [-0.2, 0) is 4.79 Å². The number of hydrogen-bond donors (Lipinski definition) is 2. The van der Waals surface area contributed by atoms with Crippen LogP contribution < -0.4 is 15.5 Å². The third kappa shape index (κ3) is 3.99. The predicted molar refractivity (Wildman–Crippen MR) is 129 cm³/mol. The third-order valence-corrected chi connectivity index (χ3v) is 6.51. The molecular weight excluding hydrogens is 422 g/mol. The molecule has 2 aromatic carbocycles. The molecule has 5 rings (SSSR count). The normalized spacial score (nSPS) is 17.9. The molecular formula is C24H23N5O2S. The Bertz CT molecular complexity index is 1280. The Morgan fingerprint density at radius 3 is 2.56 bits per heavy atom. The fourth-order valence-corrected chi connectivity index (χ4v) is 4.89. The highest BCUT2D eigenvalue weighted by atomic mass is 32.2. The minimum absolute atomic E-state index is 0.346. The van der Waals surface area contributed by atoms with Gasteiger partial charge in [0.25, 0.3) is 11.1 Å². The summed E-state index contributed by atoms with van der Waals surface area (Å²) in [5.74, 6) is 0.346. The summed E-state index contributed by atoms with van der Waals surface area (Å²) >= 11 is 0.915. The van der Waals surface area contributed by atoms with Crippen molar-refractivity contribution in [1.82, 2.24) is 20.6 Å². The SMILES string of the molecule is Cc1nc(-c2ccc(N3CCNCC3)c(C)c2)c2cc(C=C3SC(=O)NC3=O)ccc2n1. The average molecular weight is 446 g/mol. The molecule has 162 valence electrons. The van der Waals surface area contributed by atoms with Crippen molar-refractivity contribution < 1.29 is 9.59 Å². The molecule has 0 bridgehead atoms. The van der Waals surface area contributed by atoms with Gasteiger partial charge >= 0.3 is 0 Å². The van der Waals surface area contributed by atoms with Crippen LogP contribution >= 0.6 is 11.8 Å². The molecule has 3 heterocycles. The number of fused-ring (bicyclic) bond motifs is 1. The molecule has 2 saturated heterocycles. The highest BCUT2D eigenvalue weighted by molar-refractivity contribution is 8.18. The Hall–Kier alpha value is -3.23. The summed E-state index contributed by atoms with van der Waals surface area (Å²) in [6, 6.07) is 12.3. The molecule has 2 amide bonds. The molecule has 8 heteroatoms. The first kappa shape index (κ1) is 20.7. The van der Waals surface area contributed by atoms with Crippen LogP contribution in [0.25, 0.3) is 28.2 Å². The first-order valence-corrected chi connectivity index (χ1v) is 11.4. The highest BCUT2D eigenvalue weighted by Crippen LogP contribution is 2.32. The van der Waals surface area contributed by atoms with Gasteiger partial charge in [-0.3, -0.25) is 14.9 Å². The van der Waals surface area contributed by atoms with E-state index in [1.807, 2.05) is 25.1 Å². The van der Waals surface area contributed by atoms with Gasteiger partial charge in [0.1, 0.15) is 5.82 Å². The Morgan fingerprint density at radius 2 is 1.84 bits per heavy atom. The number of thioether (sulfide) groups is 1.